The van der Waals surface area contributed by atoms with E-state index in [0.717, 1.165) is 26.1 Å². The summed E-state index contributed by atoms with van der Waals surface area (Å²) in [5, 5.41) is 0.688. The van der Waals surface area contributed by atoms with E-state index >= 15 is 0 Å². The van der Waals surface area contributed by atoms with Gasteiger partial charge in [-0.3, -0.25) is 4.79 Å². The van der Waals surface area contributed by atoms with E-state index in [4.69, 9.17) is 21.1 Å². The van der Waals surface area contributed by atoms with Crippen LogP contribution in [0, 0.1) is 0 Å². The molecule has 4 rings (SSSR count). The average Bonchev–Trinajstić information content (AvgIpc) is 3.05. The Bertz CT molecular complexity index is 1110. The number of hydrogen-bond acceptors (Lipinski definition) is 4. The van der Waals surface area contributed by atoms with Gasteiger partial charge >= 0.3 is 0 Å². The van der Waals surface area contributed by atoms with Crippen LogP contribution in [0.5, 0.6) is 11.5 Å². The molecular formula is C23H16BrClO3S. The van der Waals surface area contributed by atoms with Crippen molar-refractivity contribution in [3.05, 3.63) is 91.8 Å². The molecule has 3 aromatic rings. The molecule has 1 heterocycles. The fourth-order valence-corrected chi connectivity index (χ4v) is 4.56. The van der Waals surface area contributed by atoms with Crippen molar-refractivity contribution in [2.24, 2.45) is 0 Å². The van der Waals surface area contributed by atoms with Crippen molar-refractivity contribution in [2.75, 3.05) is 7.11 Å². The number of Topliss-reactive ketones (excluding diaryl/α,β-unsaturated/α-hetero) is 1. The zero-order valence-electron chi connectivity index (χ0n) is 15.4. The Balaban J connectivity index is 1.58. The molecule has 0 saturated heterocycles. The van der Waals surface area contributed by atoms with E-state index in [1.165, 1.54) is 11.8 Å². The minimum absolute atomic E-state index is 0.0412. The minimum atomic E-state index is 0.0412. The molecule has 0 aliphatic carbocycles. The molecule has 146 valence electrons. The van der Waals surface area contributed by atoms with Crippen LogP contribution < -0.4 is 9.47 Å². The molecule has 0 aromatic heterocycles. The summed E-state index contributed by atoms with van der Waals surface area (Å²) in [6.45, 7) is 0.393. The maximum atomic E-state index is 12.6. The quantitative estimate of drug-likeness (QED) is 0.362. The Labute approximate surface area is 186 Å². The van der Waals surface area contributed by atoms with Crippen molar-refractivity contribution < 1.29 is 14.3 Å². The molecule has 0 unspecified atom stereocenters. The van der Waals surface area contributed by atoms with Crippen molar-refractivity contribution in [3.8, 4) is 11.5 Å². The van der Waals surface area contributed by atoms with Crippen LogP contribution in [0.4, 0.5) is 0 Å². The van der Waals surface area contributed by atoms with Gasteiger partial charge in [0.15, 0.2) is 11.5 Å². The van der Waals surface area contributed by atoms with Gasteiger partial charge in [0, 0.05) is 20.0 Å². The summed E-state index contributed by atoms with van der Waals surface area (Å²) in [4.78, 5) is 14.3. The number of ketones is 1. The standard InChI is InChI=1S/C23H16BrClO3S/c1-27-19-10-15(11-22-23(26)17-4-2-3-5-21(17)29-22)18(24)12-20(19)28-13-14-6-8-16(25)9-7-14/h2-12H,13H2,1H3. The second kappa shape index (κ2) is 8.66. The summed E-state index contributed by atoms with van der Waals surface area (Å²) >= 11 is 11.0. The van der Waals surface area contributed by atoms with Crippen molar-refractivity contribution in [1.82, 2.24) is 0 Å². The monoisotopic (exact) mass is 486 g/mol. The fourth-order valence-electron chi connectivity index (χ4n) is 2.95. The smallest absolute Gasteiger partial charge is 0.200 e. The first-order valence-corrected chi connectivity index (χ1v) is 10.8. The van der Waals surface area contributed by atoms with Gasteiger partial charge in [0.25, 0.3) is 0 Å². The van der Waals surface area contributed by atoms with Crippen LogP contribution in [0.25, 0.3) is 6.08 Å². The normalized spacial score (nSPS) is 14.2. The van der Waals surface area contributed by atoms with Crippen LogP contribution in [0.2, 0.25) is 5.02 Å². The number of thioether (sulfide) groups is 1. The zero-order valence-corrected chi connectivity index (χ0v) is 18.6. The maximum absolute atomic E-state index is 12.6. The number of halogens is 2. The van der Waals surface area contributed by atoms with Crippen molar-refractivity contribution in [1.29, 1.82) is 0 Å². The number of ether oxygens (including phenoxy) is 2. The van der Waals surface area contributed by atoms with Gasteiger partial charge in [-0.2, -0.15) is 0 Å². The molecule has 0 bridgehead atoms. The number of rotatable bonds is 5. The molecule has 6 heteroatoms. The van der Waals surface area contributed by atoms with Crippen LogP contribution in [-0.4, -0.2) is 12.9 Å². The van der Waals surface area contributed by atoms with Crippen molar-refractivity contribution in [3.63, 3.8) is 0 Å². The third-order valence-corrected chi connectivity index (χ3v) is 6.49. The topological polar surface area (TPSA) is 35.5 Å². The molecule has 0 radical (unpaired) electrons. The van der Waals surface area contributed by atoms with Gasteiger partial charge in [0.05, 0.1) is 12.0 Å². The summed E-state index contributed by atoms with van der Waals surface area (Å²) in [7, 11) is 1.60. The van der Waals surface area contributed by atoms with E-state index in [-0.39, 0.29) is 5.78 Å². The zero-order chi connectivity index (χ0) is 20.4. The molecule has 0 saturated carbocycles. The molecular weight excluding hydrogens is 472 g/mol. The van der Waals surface area contributed by atoms with Gasteiger partial charge in [-0.25, -0.2) is 0 Å². The van der Waals surface area contributed by atoms with Crippen LogP contribution in [-0.2, 0) is 6.61 Å². The second-order valence-corrected chi connectivity index (χ2v) is 8.75. The number of fused-ring (bicyclic) bond motifs is 1. The highest BCUT2D eigenvalue weighted by molar-refractivity contribution is 9.10. The van der Waals surface area contributed by atoms with Crippen molar-refractivity contribution >= 4 is 51.2 Å². The Kier molecular flexibility index (Phi) is 5.99. The molecule has 3 nitrogen and oxygen atoms in total. The lowest BCUT2D eigenvalue weighted by Crippen LogP contribution is -1.99. The Morgan fingerprint density at radius 1 is 1.07 bits per heavy atom. The molecule has 0 atom stereocenters. The van der Waals surface area contributed by atoms with E-state index in [2.05, 4.69) is 15.9 Å². The minimum Gasteiger partial charge on any atom is -0.493 e. The van der Waals surface area contributed by atoms with E-state index in [0.29, 0.717) is 28.0 Å². The number of carbonyl (C=O) groups excluding carboxylic acids is 1. The lowest BCUT2D eigenvalue weighted by Gasteiger charge is -2.13. The Morgan fingerprint density at radius 2 is 1.83 bits per heavy atom. The lowest BCUT2D eigenvalue weighted by atomic mass is 10.1. The fraction of sp³-hybridized carbons (Fsp3) is 0.0870. The first-order chi connectivity index (χ1) is 14.0. The molecule has 0 N–H and O–H groups in total. The first kappa shape index (κ1) is 20.1. The number of benzene rings is 3. The van der Waals surface area contributed by atoms with Gasteiger partial charge in [-0.1, -0.05) is 63.6 Å². The highest BCUT2D eigenvalue weighted by Crippen LogP contribution is 2.42. The summed E-state index contributed by atoms with van der Waals surface area (Å²) in [5.41, 5.74) is 2.60. The molecule has 1 aliphatic rings. The van der Waals surface area contributed by atoms with Gasteiger partial charge in [0.1, 0.15) is 6.61 Å². The molecule has 29 heavy (non-hydrogen) atoms. The van der Waals surface area contributed by atoms with Crippen LogP contribution in [0.15, 0.2) is 74.9 Å². The van der Waals surface area contributed by atoms with Gasteiger partial charge in [-0.05, 0) is 53.6 Å². The highest BCUT2D eigenvalue weighted by Gasteiger charge is 2.25. The number of allylic oxidation sites excluding steroid dienone is 1. The molecule has 0 amide bonds. The van der Waals surface area contributed by atoms with E-state index in [9.17, 15) is 4.79 Å². The molecule has 0 spiro atoms. The Morgan fingerprint density at radius 3 is 2.55 bits per heavy atom. The number of carbonyl (C=O) groups is 1. The summed E-state index contributed by atoms with van der Waals surface area (Å²) in [5.74, 6) is 1.26. The number of methoxy groups -OCH3 is 1. The number of hydrogen-bond donors (Lipinski definition) is 0. The SMILES string of the molecule is COc1cc(C=C2Sc3ccccc3C2=O)c(Br)cc1OCc1ccc(Cl)cc1. The summed E-state index contributed by atoms with van der Waals surface area (Å²) in [6, 6.07) is 18.9. The molecule has 3 aromatic carbocycles. The van der Waals surface area contributed by atoms with E-state index in [1.807, 2.05) is 66.7 Å². The third-order valence-electron chi connectivity index (χ3n) is 4.45. The predicted molar refractivity (Wildman–Crippen MR) is 121 cm³/mol. The first-order valence-electron chi connectivity index (χ1n) is 8.83. The Hall–Kier alpha value is -2.21. The highest BCUT2D eigenvalue weighted by atomic mass is 79.9. The second-order valence-electron chi connectivity index (χ2n) is 6.38. The maximum Gasteiger partial charge on any atom is 0.200 e. The predicted octanol–water partition coefficient (Wildman–Crippen LogP) is 7.02. The van der Waals surface area contributed by atoms with E-state index < -0.39 is 0 Å². The van der Waals surface area contributed by atoms with E-state index in [1.54, 1.807) is 7.11 Å². The lowest BCUT2D eigenvalue weighted by molar-refractivity contribution is 0.104. The van der Waals surface area contributed by atoms with Gasteiger partial charge in [-0.15, -0.1) is 0 Å². The van der Waals surface area contributed by atoms with Gasteiger partial charge < -0.3 is 9.47 Å². The van der Waals surface area contributed by atoms with Crippen molar-refractivity contribution in [2.45, 2.75) is 11.5 Å². The van der Waals surface area contributed by atoms with Crippen LogP contribution >= 0.6 is 39.3 Å². The van der Waals surface area contributed by atoms with Crippen LogP contribution in [0.1, 0.15) is 21.5 Å². The third kappa shape index (κ3) is 4.37. The van der Waals surface area contributed by atoms with Crippen LogP contribution in [0.3, 0.4) is 0 Å². The summed E-state index contributed by atoms with van der Waals surface area (Å²) in [6.07, 6.45) is 1.88. The molecule has 1 aliphatic heterocycles. The molecule has 0 fully saturated rings. The van der Waals surface area contributed by atoms with Gasteiger partial charge in [0.2, 0.25) is 5.78 Å². The summed E-state index contributed by atoms with van der Waals surface area (Å²) < 4.78 is 12.3. The average molecular weight is 488 g/mol. The largest absolute Gasteiger partial charge is 0.493 e.